The zero-order chi connectivity index (χ0) is 28.6. The van der Waals surface area contributed by atoms with E-state index in [2.05, 4.69) is 5.32 Å². The molecule has 0 fully saturated rings. The molecule has 2 amide bonds. The van der Waals surface area contributed by atoms with Crippen LogP contribution in [0.2, 0.25) is 15.1 Å². The standard InChI is InChI=1S/C28H30Cl3N3O4S/c1-3-16-32-28(36)25(4-2)33(18-20-10-8-9-13-23(20)30)27(35)19-34(26-15-14-21(29)17-24(26)31)39(37,38)22-11-6-5-7-12-22/h5-15,17,25H,3-4,16,18-19H2,1-2H3,(H,32,36)/t25-/m1/s1. The Morgan fingerprint density at radius 1 is 0.897 bits per heavy atom. The lowest BCUT2D eigenvalue weighted by Crippen LogP contribution is -2.52. The molecule has 7 nitrogen and oxygen atoms in total. The highest BCUT2D eigenvalue weighted by Gasteiger charge is 2.34. The van der Waals surface area contributed by atoms with Crippen LogP contribution < -0.4 is 9.62 Å². The molecule has 0 heterocycles. The van der Waals surface area contributed by atoms with Gasteiger partial charge in [-0.2, -0.15) is 0 Å². The van der Waals surface area contributed by atoms with Gasteiger partial charge in [-0.15, -0.1) is 0 Å². The maximum absolute atomic E-state index is 14.0. The van der Waals surface area contributed by atoms with Crippen molar-refractivity contribution in [2.75, 3.05) is 17.4 Å². The van der Waals surface area contributed by atoms with E-state index in [4.69, 9.17) is 34.8 Å². The third-order valence-corrected chi connectivity index (χ3v) is 8.70. The number of nitrogens with one attached hydrogen (secondary N) is 1. The number of halogens is 3. The summed E-state index contributed by atoms with van der Waals surface area (Å²) in [6.45, 7) is 3.55. The average molecular weight is 611 g/mol. The summed E-state index contributed by atoms with van der Waals surface area (Å²) in [5.74, 6) is -0.930. The van der Waals surface area contributed by atoms with Crippen molar-refractivity contribution in [1.82, 2.24) is 10.2 Å². The lowest BCUT2D eigenvalue weighted by Gasteiger charge is -2.33. The van der Waals surface area contributed by atoms with Crippen molar-refractivity contribution in [2.45, 2.75) is 44.2 Å². The fraction of sp³-hybridized carbons (Fsp3) is 0.286. The van der Waals surface area contributed by atoms with Gasteiger partial charge in [-0.25, -0.2) is 8.42 Å². The number of benzene rings is 3. The van der Waals surface area contributed by atoms with Crippen LogP contribution in [0.4, 0.5) is 5.69 Å². The lowest BCUT2D eigenvalue weighted by molar-refractivity contribution is -0.140. The number of carbonyl (C=O) groups is 2. The van der Waals surface area contributed by atoms with E-state index < -0.39 is 28.5 Å². The molecule has 0 aliphatic carbocycles. The van der Waals surface area contributed by atoms with Gasteiger partial charge in [-0.3, -0.25) is 13.9 Å². The smallest absolute Gasteiger partial charge is 0.264 e. The van der Waals surface area contributed by atoms with E-state index in [1.807, 2.05) is 6.92 Å². The Balaban J connectivity index is 2.08. The second kappa shape index (κ2) is 14.0. The van der Waals surface area contributed by atoms with Crippen molar-refractivity contribution >= 4 is 62.3 Å². The Bertz CT molecular complexity index is 1400. The maximum Gasteiger partial charge on any atom is 0.264 e. The van der Waals surface area contributed by atoms with Gasteiger partial charge in [0.2, 0.25) is 11.8 Å². The van der Waals surface area contributed by atoms with E-state index in [-0.39, 0.29) is 28.1 Å². The van der Waals surface area contributed by atoms with Crippen LogP contribution in [0, 0.1) is 0 Å². The number of amides is 2. The van der Waals surface area contributed by atoms with Crippen LogP contribution in [0.3, 0.4) is 0 Å². The van der Waals surface area contributed by atoms with Crippen molar-refractivity contribution in [1.29, 1.82) is 0 Å². The first kappa shape index (κ1) is 30.8. The predicted octanol–water partition coefficient (Wildman–Crippen LogP) is 6.18. The third-order valence-electron chi connectivity index (χ3n) is 6.02. The second-order valence-corrected chi connectivity index (χ2v) is 11.9. The predicted molar refractivity (Wildman–Crippen MR) is 157 cm³/mol. The first-order valence-corrected chi connectivity index (χ1v) is 15.0. The average Bonchev–Trinajstić information content (AvgIpc) is 2.92. The Hall–Kier alpha value is -2.78. The molecule has 11 heteroatoms. The molecule has 0 saturated heterocycles. The molecular formula is C28H30Cl3N3O4S. The number of sulfonamides is 1. The van der Waals surface area contributed by atoms with Gasteiger partial charge in [0.1, 0.15) is 12.6 Å². The van der Waals surface area contributed by atoms with E-state index in [0.717, 1.165) is 10.7 Å². The minimum Gasteiger partial charge on any atom is -0.354 e. The van der Waals surface area contributed by atoms with Gasteiger partial charge in [0.05, 0.1) is 15.6 Å². The summed E-state index contributed by atoms with van der Waals surface area (Å²) in [5, 5.41) is 3.63. The molecule has 1 atom stereocenters. The summed E-state index contributed by atoms with van der Waals surface area (Å²) in [6, 6.07) is 18.2. The van der Waals surface area contributed by atoms with Crippen LogP contribution >= 0.6 is 34.8 Å². The minimum absolute atomic E-state index is 0.00410. The number of nitrogens with zero attached hydrogens (tertiary/aromatic N) is 2. The molecule has 0 bridgehead atoms. The Morgan fingerprint density at radius 2 is 1.56 bits per heavy atom. The molecule has 3 aromatic rings. The van der Waals surface area contributed by atoms with Crippen LogP contribution in [-0.4, -0.2) is 44.3 Å². The van der Waals surface area contributed by atoms with E-state index >= 15 is 0 Å². The Kier molecular flexibility index (Phi) is 11.1. The summed E-state index contributed by atoms with van der Waals surface area (Å²) < 4.78 is 28.6. The summed E-state index contributed by atoms with van der Waals surface area (Å²) in [5.41, 5.74) is 0.704. The van der Waals surface area contributed by atoms with E-state index in [1.54, 1.807) is 49.4 Å². The zero-order valence-electron chi connectivity index (χ0n) is 21.6. The molecule has 208 valence electrons. The summed E-state index contributed by atoms with van der Waals surface area (Å²) in [4.78, 5) is 28.5. The summed E-state index contributed by atoms with van der Waals surface area (Å²) in [7, 11) is -4.23. The van der Waals surface area contributed by atoms with Gasteiger partial charge in [-0.1, -0.05) is 85.0 Å². The second-order valence-electron chi connectivity index (χ2n) is 8.75. The summed E-state index contributed by atoms with van der Waals surface area (Å²) in [6.07, 6.45) is 1.03. The van der Waals surface area contributed by atoms with Crippen molar-refractivity contribution in [3.63, 3.8) is 0 Å². The highest BCUT2D eigenvalue weighted by Crippen LogP contribution is 2.33. The number of hydrogen-bond donors (Lipinski definition) is 1. The zero-order valence-corrected chi connectivity index (χ0v) is 24.7. The molecule has 0 saturated carbocycles. The monoisotopic (exact) mass is 609 g/mol. The number of rotatable bonds is 12. The molecule has 0 unspecified atom stereocenters. The van der Waals surface area contributed by atoms with Gasteiger partial charge < -0.3 is 10.2 Å². The SMILES string of the molecule is CCCNC(=O)[C@@H](CC)N(Cc1ccccc1Cl)C(=O)CN(c1ccc(Cl)cc1Cl)S(=O)(=O)c1ccccc1. The molecule has 0 radical (unpaired) electrons. The van der Waals surface area contributed by atoms with Crippen LogP contribution in [0.25, 0.3) is 0 Å². The van der Waals surface area contributed by atoms with Gasteiger partial charge in [0.15, 0.2) is 0 Å². The van der Waals surface area contributed by atoms with Gasteiger partial charge in [-0.05, 0) is 54.8 Å². The summed E-state index contributed by atoms with van der Waals surface area (Å²) >= 11 is 18.9. The molecule has 39 heavy (non-hydrogen) atoms. The Morgan fingerprint density at radius 3 is 2.18 bits per heavy atom. The van der Waals surface area contributed by atoms with Crippen molar-refractivity contribution in [3.05, 3.63) is 93.4 Å². The van der Waals surface area contributed by atoms with Crippen LogP contribution in [0.5, 0.6) is 0 Å². The molecule has 3 rings (SSSR count). The van der Waals surface area contributed by atoms with Crippen molar-refractivity contribution < 1.29 is 18.0 Å². The van der Waals surface area contributed by atoms with Gasteiger partial charge in [0.25, 0.3) is 10.0 Å². The first-order chi connectivity index (χ1) is 18.6. The molecule has 3 aromatic carbocycles. The maximum atomic E-state index is 14.0. The number of anilines is 1. The normalized spacial score (nSPS) is 12.0. The molecule has 0 spiro atoms. The molecule has 0 aromatic heterocycles. The fourth-order valence-electron chi connectivity index (χ4n) is 4.01. The van der Waals surface area contributed by atoms with Gasteiger partial charge >= 0.3 is 0 Å². The molecule has 1 N–H and O–H groups in total. The van der Waals surface area contributed by atoms with E-state index in [0.29, 0.717) is 28.6 Å². The fourth-order valence-corrected chi connectivity index (χ4v) is 6.22. The largest absolute Gasteiger partial charge is 0.354 e. The molecule has 0 aliphatic heterocycles. The first-order valence-electron chi connectivity index (χ1n) is 12.4. The van der Waals surface area contributed by atoms with Crippen LogP contribution in [0.1, 0.15) is 32.3 Å². The van der Waals surface area contributed by atoms with Gasteiger partial charge in [0, 0.05) is 23.1 Å². The Labute approximate surface area is 244 Å². The quantitative estimate of drug-likeness (QED) is 0.266. The third kappa shape index (κ3) is 7.66. The van der Waals surface area contributed by atoms with Crippen LogP contribution in [-0.2, 0) is 26.2 Å². The topological polar surface area (TPSA) is 86.8 Å². The van der Waals surface area contributed by atoms with E-state index in [9.17, 15) is 18.0 Å². The molecule has 0 aliphatic rings. The van der Waals surface area contributed by atoms with Crippen molar-refractivity contribution in [3.8, 4) is 0 Å². The van der Waals surface area contributed by atoms with Crippen LogP contribution in [0.15, 0.2) is 77.7 Å². The number of hydrogen-bond acceptors (Lipinski definition) is 4. The minimum atomic E-state index is -4.23. The lowest BCUT2D eigenvalue weighted by atomic mass is 10.1. The number of carbonyl (C=O) groups excluding carboxylic acids is 2. The highest BCUT2D eigenvalue weighted by atomic mass is 35.5. The highest BCUT2D eigenvalue weighted by molar-refractivity contribution is 7.92. The van der Waals surface area contributed by atoms with Crippen molar-refractivity contribution in [2.24, 2.45) is 0 Å². The molecular weight excluding hydrogens is 581 g/mol. The van der Waals surface area contributed by atoms with E-state index in [1.165, 1.54) is 35.2 Å².